The maximum absolute atomic E-state index is 13.9. The Kier molecular flexibility index (Phi) is 11.6. The fourth-order valence-corrected chi connectivity index (χ4v) is 9.05. The van der Waals surface area contributed by atoms with Crippen LogP contribution in [0.4, 0.5) is 0 Å². The molecule has 2 N–H and O–H groups in total. The molecular formula is C26H38AsNO6S. The molecule has 0 saturated heterocycles. The summed E-state index contributed by atoms with van der Waals surface area (Å²) in [4.78, 5) is 13.0. The normalized spacial score (nSPS) is 13.3. The Morgan fingerprint density at radius 2 is 1.60 bits per heavy atom. The van der Waals surface area contributed by atoms with Gasteiger partial charge in [0, 0.05) is 0 Å². The van der Waals surface area contributed by atoms with E-state index in [1.54, 1.807) is 29.7 Å². The monoisotopic (exact) mass is 567 g/mol. The summed E-state index contributed by atoms with van der Waals surface area (Å²) in [5, 5.41) is 13.2. The second-order valence-corrected chi connectivity index (χ2v) is 17.1. The number of rotatable bonds is 15. The van der Waals surface area contributed by atoms with Crippen molar-refractivity contribution in [3.05, 3.63) is 54.1 Å². The second-order valence-electron chi connectivity index (χ2n) is 8.41. The molecule has 2 rings (SSSR count). The van der Waals surface area contributed by atoms with Crippen molar-refractivity contribution in [2.75, 3.05) is 13.7 Å². The molecular weight excluding hydrogens is 529 g/mol. The Morgan fingerprint density at radius 1 is 1.00 bits per heavy atom. The van der Waals surface area contributed by atoms with Gasteiger partial charge >= 0.3 is 178 Å². The molecule has 2 aromatic carbocycles. The van der Waals surface area contributed by atoms with Gasteiger partial charge in [0.1, 0.15) is 5.75 Å². The van der Waals surface area contributed by atoms with E-state index in [4.69, 9.17) is 9.47 Å². The van der Waals surface area contributed by atoms with Crippen LogP contribution in [-0.2, 0) is 21.1 Å². The third kappa shape index (κ3) is 7.25. The van der Waals surface area contributed by atoms with Crippen molar-refractivity contribution in [3.8, 4) is 11.5 Å². The van der Waals surface area contributed by atoms with Crippen molar-refractivity contribution in [2.45, 2.75) is 71.7 Å². The fourth-order valence-electron chi connectivity index (χ4n) is 4.04. The summed E-state index contributed by atoms with van der Waals surface area (Å²) >= 11 is -0.789. The van der Waals surface area contributed by atoms with Gasteiger partial charge in [-0.15, -0.1) is 0 Å². The zero-order valence-electron chi connectivity index (χ0n) is 21.1. The van der Waals surface area contributed by atoms with Gasteiger partial charge in [0.2, 0.25) is 0 Å². The van der Waals surface area contributed by atoms with Crippen LogP contribution in [0.25, 0.3) is 0 Å². The summed E-state index contributed by atoms with van der Waals surface area (Å²) in [6, 6.07) is 13.2. The van der Waals surface area contributed by atoms with E-state index < -0.39 is 35.1 Å². The summed E-state index contributed by atoms with van der Waals surface area (Å²) < 4.78 is 36.9. The average molecular weight is 568 g/mol. The van der Waals surface area contributed by atoms with Crippen LogP contribution < -0.4 is 15.0 Å². The molecule has 0 aliphatic carbocycles. The molecule has 35 heavy (non-hydrogen) atoms. The summed E-state index contributed by atoms with van der Waals surface area (Å²) in [7, 11) is -2.67. The van der Waals surface area contributed by atoms with E-state index in [0.717, 1.165) is 11.0 Å². The number of hydrogen-bond acceptors (Lipinski definition) is 6. The van der Waals surface area contributed by atoms with Gasteiger partial charge in [0.15, 0.2) is 0 Å². The third-order valence-electron chi connectivity index (χ3n) is 6.32. The first-order valence-electron chi connectivity index (χ1n) is 12.0. The van der Waals surface area contributed by atoms with Gasteiger partial charge in [0.25, 0.3) is 0 Å². The van der Waals surface area contributed by atoms with E-state index in [1.807, 2.05) is 19.1 Å². The molecule has 1 amide bonds. The number of benzene rings is 2. The molecule has 0 fully saturated rings. The average Bonchev–Trinajstić information content (AvgIpc) is 2.89. The summed E-state index contributed by atoms with van der Waals surface area (Å²) in [6.45, 7) is 7.09. The molecule has 0 aliphatic heterocycles. The molecule has 0 heterocycles. The van der Waals surface area contributed by atoms with Crippen molar-refractivity contribution in [1.29, 1.82) is 0 Å². The second kappa shape index (κ2) is 13.9. The van der Waals surface area contributed by atoms with Crippen molar-refractivity contribution in [3.63, 3.8) is 0 Å². The molecule has 0 aromatic heterocycles. The molecule has 9 heteroatoms. The van der Waals surface area contributed by atoms with Crippen LogP contribution in [0.15, 0.2) is 53.4 Å². The fraction of sp³-hybridized carbons (Fsp3) is 0.500. The first-order chi connectivity index (χ1) is 16.8. The molecule has 2 aromatic rings. The van der Waals surface area contributed by atoms with E-state index in [-0.39, 0.29) is 17.7 Å². The number of hydroxylamine groups is 1. The van der Waals surface area contributed by atoms with Gasteiger partial charge in [0.05, 0.1) is 7.11 Å². The van der Waals surface area contributed by atoms with Crippen LogP contribution in [0.2, 0.25) is 15.6 Å². The van der Waals surface area contributed by atoms with Gasteiger partial charge in [-0.25, -0.2) is 0 Å². The number of sulfone groups is 1. The minimum atomic E-state index is -4.16. The van der Waals surface area contributed by atoms with Crippen LogP contribution in [0.1, 0.15) is 45.6 Å². The van der Waals surface area contributed by atoms with E-state index >= 15 is 0 Å². The Bertz CT molecular complexity index is 1020. The van der Waals surface area contributed by atoms with Gasteiger partial charge in [-0.05, 0) is 12.1 Å². The topological polar surface area (TPSA) is 102 Å². The summed E-state index contributed by atoms with van der Waals surface area (Å²) in [5.41, 5.74) is 2.30. The quantitative estimate of drug-likeness (QED) is 0.177. The molecule has 0 bridgehead atoms. The third-order valence-corrected chi connectivity index (χ3v) is 14.2. The minimum absolute atomic E-state index is 0.00346. The Morgan fingerprint density at radius 3 is 2.11 bits per heavy atom. The number of hydrogen-bond donors (Lipinski definition) is 2. The number of nitrogens with one attached hydrogen (secondary N) is 1. The number of methoxy groups -OCH3 is 1. The molecule has 1 unspecified atom stereocenters. The zero-order chi connectivity index (χ0) is 25.9. The molecule has 0 radical (unpaired) electrons. The molecule has 0 saturated carbocycles. The van der Waals surface area contributed by atoms with Gasteiger partial charge in [-0.2, -0.15) is 0 Å². The molecule has 194 valence electrons. The van der Waals surface area contributed by atoms with Crippen LogP contribution in [0, 0.1) is 0 Å². The first-order valence-corrected chi connectivity index (χ1v) is 17.5. The predicted molar refractivity (Wildman–Crippen MR) is 140 cm³/mol. The van der Waals surface area contributed by atoms with E-state index in [1.165, 1.54) is 29.7 Å². The van der Waals surface area contributed by atoms with E-state index in [9.17, 15) is 18.4 Å². The summed E-state index contributed by atoms with van der Waals surface area (Å²) in [5.74, 6) is 0.300. The number of unbranched alkanes of at least 4 members (excludes halogenated alkanes) is 1. The van der Waals surface area contributed by atoms with Crippen LogP contribution in [0.5, 0.6) is 11.5 Å². The Labute approximate surface area is 214 Å². The molecule has 1 atom stereocenters. The van der Waals surface area contributed by atoms with Crippen LogP contribution >= 0.6 is 0 Å². The van der Waals surface area contributed by atoms with Crippen molar-refractivity contribution in [1.82, 2.24) is 5.48 Å². The van der Waals surface area contributed by atoms with Crippen molar-refractivity contribution >= 4 is 30.4 Å². The zero-order valence-corrected chi connectivity index (χ0v) is 23.8. The Hall–Kier alpha value is -2.02. The standard InChI is InChI=1S/C26H38AsNO6S/c1-5-8-17-26(25(29)28-30,35(31,32)24-15-13-22(33-4)14-16-24)20-21-9-11-23(12-10-21)34-19-18-27(6-2)7-3/h9-16,30H,5-8,17-20H2,1-4H3,(H,28,29). The number of carbonyl (C=O) groups is 1. The smallest absolute Gasteiger partial charge is 0.497 e. The van der Waals surface area contributed by atoms with Crippen molar-refractivity contribution < 1.29 is 27.9 Å². The van der Waals surface area contributed by atoms with Crippen molar-refractivity contribution in [2.24, 2.45) is 0 Å². The van der Waals surface area contributed by atoms with Gasteiger partial charge < -0.3 is 4.74 Å². The molecule has 0 spiro atoms. The van der Waals surface area contributed by atoms with Crippen LogP contribution in [0.3, 0.4) is 0 Å². The number of amides is 1. The number of carbonyl (C=O) groups excluding carboxylic acids is 1. The maximum atomic E-state index is 13.9. The minimum Gasteiger partial charge on any atom is -0.497 e. The van der Waals surface area contributed by atoms with Crippen LogP contribution in [-0.4, -0.2) is 52.6 Å². The summed E-state index contributed by atoms with van der Waals surface area (Å²) in [6.07, 6.45) is 1.20. The van der Waals surface area contributed by atoms with Gasteiger partial charge in [-0.3, -0.25) is 0 Å². The van der Waals surface area contributed by atoms with E-state index in [0.29, 0.717) is 30.8 Å². The van der Waals surface area contributed by atoms with E-state index in [2.05, 4.69) is 13.8 Å². The number of ether oxygens (including phenoxy) is 2. The predicted octanol–water partition coefficient (Wildman–Crippen LogP) is 5.06. The molecule has 7 nitrogen and oxygen atoms in total. The Balaban J connectivity index is 2.36. The first kappa shape index (κ1) is 29.2. The SMILES string of the molecule is CCCCC(Cc1ccc(OCC[As](CC)CC)cc1)(C(=O)NO)S(=O)(=O)c1ccc(OC)cc1. The molecule has 0 aliphatic rings. The van der Waals surface area contributed by atoms with Gasteiger partial charge in [-0.1, -0.05) is 6.92 Å².